The van der Waals surface area contributed by atoms with Crippen LogP contribution in [0.1, 0.15) is 11.1 Å². The summed E-state index contributed by atoms with van der Waals surface area (Å²) in [6.45, 7) is 0. The Morgan fingerprint density at radius 1 is 1.11 bits per heavy atom. The lowest BCUT2D eigenvalue weighted by Gasteiger charge is -2.10. The first-order chi connectivity index (χ1) is 13.1. The van der Waals surface area contributed by atoms with Gasteiger partial charge in [0.2, 0.25) is 5.91 Å². The van der Waals surface area contributed by atoms with Gasteiger partial charge in [0.15, 0.2) is 11.5 Å². The van der Waals surface area contributed by atoms with E-state index >= 15 is 0 Å². The third-order valence-corrected chi connectivity index (χ3v) is 4.89. The van der Waals surface area contributed by atoms with Crippen molar-refractivity contribution in [1.29, 1.82) is 0 Å². The number of hydrogen-bond acceptors (Lipinski definition) is 4. The van der Waals surface area contributed by atoms with Gasteiger partial charge in [-0.2, -0.15) is 5.10 Å². The number of rotatable bonds is 6. The summed E-state index contributed by atoms with van der Waals surface area (Å²) in [4.78, 5) is 12.3. The molecule has 1 N–H and O–H groups in total. The molecule has 5 nitrogen and oxygen atoms in total. The average Bonchev–Trinajstić information content (AvgIpc) is 2.68. The Kier molecular flexibility index (Phi) is 6.28. The van der Waals surface area contributed by atoms with Gasteiger partial charge in [-0.25, -0.2) is 5.43 Å². The molecule has 27 heavy (non-hydrogen) atoms. The van der Waals surface area contributed by atoms with Gasteiger partial charge in [0, 0.05) is 0 Å². The lowest BCUT2D eigenvalue weighted by Crippen LogP contribution is -2.19. The van der Waals surface area contributed by atoms with Crippen molar-refractivity contribution in [3.8, 4) is 11.5 Å². The maximum Gasteiger partial charge on any atom is 0.244 e. The highest BCUT2D eigenvalue weighted by Gasteiger charge is 2.10. The first-order valence-corrected chi connectivity index (χ1v) is 9.40. The van der Waals surface area contributed by atoms with E-state index in [4.69, 9.17) is 9.47 Å². The largest absolute Gasteiger partial charge is 0.493 e. The summed E-state index contributed by atoms with van der Waals surface area (Å²) in [5.74, 6) is 1.13. The predicted octanol–water partition coefficient (Wildman–Crippen LogP) is 4.15. The lowest BCUT2D eigenvalue weighted by molar-refractivity contribution is -0.120. The highest BCUT2D eigenvalue weighted by Crippen LogP contribution is 2.33. The van der Waals surface area contributed by atoms with E-state index in [1.165, 1.54) is 0 Å². The Bertz CT molecular complexity index is 997. The van der Waals surface area contributed by atoms with E-state index in [1.54, 1.807) is 26.5 Å². The van der Waals surface area contributed by atoms with Gasteiger partial charge in [-0.15, -0.1) is 0 Å². The van der Waals surface area contributed by atoms with Gasteiger partial charge in [0.25, 0.3) is 0 Å². The van der Waals surface area contributed by atoms with Crippen molar-refractivity contribution in [3.05, 3.63) is 69.3 Å². The molecule has 3 aromatic carbocycles. The van der Waals surface area contributed by atoms with Crippen LogP contribution in [0.4, 0.5) is 0 Å². The fourth-order valence-corrected chi connectivity index (χ4v) is 3.70. The first kappa shape index (κ1) is 19.2. The molecule has 0 aromatic heterocycles. The topological polar surface area (TPSA) is 59.9 Å². The Labute approximate surface area is 171 Å². The molecule has 1 amide bonds. The number of amides is 1. The zero-order valence-electron chi connectivity index (χ0n) is 15.0. The van der Waals surface area contributed by atoms with E-state index < -0.39 is 0 Å². The predicted molar refractivity (Wildman–Crippen MR) is 116 cm³/mol. The molecule has 0 spiro atoms. The second-order valence-corrected chi connectivity index (χ2v) is 7.01. The summed E-state index contributed by atoms with van der Waals surface area (Å²) >= 11 is 2.17. The van der Waals surface area contributed by atoms with Crippen molar-refractivity contribution >= 4 is 45.5 Å². The average molecular weight is 474 g/mol. The number of nitrogens with one attached hydrogen (secondary N) is 1. The zero-order valence-corrected chi connectivity index (χ0v) is 17.2. The minimum absolute atomic E-state index is 0.169. The molecule has 0 saturated carbocycles. The maximum absolute atomic E-state index is 12.3. The number of carbonyl (C=O) groups excluding carboxylic acids is 1. The highest BCUT2D eigenvalue weighted by atomic mass is 127. The summed E-state index contributed by atoms with van der Waals surface area (Å²) in [7, 11) is 3.18. The smallest absolute Gasteiger partial charge is 0.244 e. The molecule has 0 unspecified atom stereocenters. The van der Waals surface area contributed by atoms with Crippen LogP contribution in [-0.2, 0) is 11.2 Å². The number of hydrazone groups is 1. The number of nitrogens with zero attached hydrogens (tertiary/aromatic N) is 1. The Morgan fingerprint density at radius 2 is 1.89 bits per heavy atom. The molecular weight excluding hydrogens is 455 g/mol. The quantitative estimate of drug-likeness (QED) is 0.332. The molecule has 0 atom stereocenters. The zero-order chi connectivity index (χ0) is 19.2. The second kappa shape index (κ2) is 8.85. The van der Waals surface area contributed by atoms with E-state index in [0.29, 0.717) is 11.5 Å². The van der Waals surface area contributed by atoms with Gasteiger partial charge in [0.1, 0.15) is 0 Å². The number of halogens is 1. The lowest BCUT2D eigenvalue weighted by atomic mass is 10.0. The fourth-order valence-electron chi connectivity index (χ4n) is 2.85. The van der Waals surface area contributed by atoms with Crippen LogP contribution >= 0.6 is 22.6 Å². The standard InChI is InChI=1S/C21H19IN2O3/c1-26-19-11-14(10-18(22)21(19)27-2)13-23-24-20(25)12-16-8-5-7-15-6-3-4-9-17(15)16/h3-11,13H,12H2,1-2H3,(H,24,25)/b23-13+. The van der Waals surface area contributed by atoms with Crippen LogP contribution in [0.5, 0.6) is 11.5 Å². The molecule has 0 bridgehead atoms. The van der Waals surface area contributed by atoms with Crippen molar-refractivity contribution in [2.75, 3.05) is 14.2 Å². The second-order valence-electron chi connectivity index (χ2n) is 5.85. The molecule has 0 fully saturated rings. The number of fused-ring (bicyclic) bond motifs is 1. The number of carbonyl (C=O) groups is 1. The van der Waals surface area contributed by atoms with E-state index in [0.717, 1.165) is 25.5 Å². The molecule has 3 rings (SSSR count). The van der Waals surface area contributed by atoms with Crippen LogP contribution in [0.2, 0.25) is 0 Å². The number of benzene rings is 3. The summed E-state index contributed by atoms with van der Waals surface area (Å²) in [5, 5.41) is 6.26. The summed E-state index contributed by atoms with van der Waals surface area (Å²) < 4.78 is 11.5. The molecule has 0 aliphatic carbocycles. The fraction of sp³-hybridized carbons (Fsp3) is 0.143. The van der Waals surface area contributed by atoms with E-state index in [2.05, 4.69) is 33.1 Å². The van der Waals surface area contributed by atoms with Crippen molar-refractivity contribution in [2.45, 2.75) is 6.42 Å². The molecule has 138 valence electrons. The molecule has 3 aromatic rings. The summed E-state index contributed by atoms with van der Waals surface area (Å²) in [6, 6.07) is 17.7. The third-order valence-electron chi connectivity index (χ3n) is 4.09. The van der Waals surface area contributed by atoms with Crippen molar-refractivity contribution < 1.29 is 14.3 Å². The van der Waals surface area contributed by atoms with Crippen LogP contribution < -0.4 is 14.9 Å². The van der Waals surface area contributed by atoms with E-state index in [-0.39, 0.29) is 12.3 Å². The van der Waals surface area contributed by atoms with Gasteiger partial charge in [-0.1, -0.05) is 42.5 Å². The maximum atomic E-state index is 12.3. The van der Waals surface area contributed by atoms with Crippen LogP contribution in [0.25, 0.3) is 10.8 Å². The monoisotopic (exact) mass is 474 g/mol. The normalized spacial score (nSPS) is 10.9. The molecule has 6 heteroatoms. The summed E-state index contributed by atoms with van der Waals surface area (Å²) in [6.07, 6.45) is 1.85. The SMILES string of the molecule is COc1cc(/C=N/NC(=O)Cc2cccc3ccccc23)cc(I)c1OC. The molecule has 0 aliphatic rings. The first-order valence-electron chi connectivity index (χ1n) is 8.32. The molecule has 0 aliphatic heterocycles. The van der Waals surface area contributed by atoms with Gasteiger partial charge < -0.3 is 9.47 Å². The van der Waals surface area contributed by atoms with Crippen LogP contribution in [0, 0.1) is 3.57 Å². The number of methoxy groups -OCH3 is 2. The van der Waals surface area contributed by atoms with Gasteiger partial charge in [0.05, 0.1) is 30.4 Å². The third kappa shape index (κ3) is 4.57. The molecule has 0 heterocycles. The van der Waals surface area contributed by atoms with Crippen molar-refractivity contribution in [2.24, 2.45) is 5.10 Å². The van der Waals surface area contributed by atoms with Gasteiger partial charge in [-0.05, 0) is 56.6 Å². The number of hydrogen-bond donors (Lipinski definition) is 1. The Morgan fingerprint density at radius 3 is 2.67 bits per heavy atom. The van der Waals surface area contributed by atoms with Gasteiger partial charge in [-0.3, -0.25) is 4.79 Å². The highest BCUT2D eigenvalue weighted by molar-refractivity contribution is 14.1. The van der Waals surface area contributed by atoms with Crippen LogP contribution in [0.15, 0.2) is 59.7 Å². The van der Waals surface area contributed by atoms with Crippen molar-refractivity contribution in [3.63, 3.8) is 0 Å². The van der Waals surface area contributed by atoms with Crippen LogP contribution in [-0.4, -0.2) is 26.3 Å². The minimum Gasteiger partial charge on any atom is -0.493 e. The summed E-state index contributed by atoms with van der Waals surface area (Å²) in [5.41, 5.74) is 4.37. The Hall–Kier alpha value is -2.61. The molecule has 0 saturated heterocycles. The number of ether oxygens (including phenoxy) is 2. The Balaban J connectivity index is 1.69. The molecular formula is C21H19IN2O3. The van der Waals surface area contributed by atoms with Crippen molar-refractivity contribution in [1.82, 2.24) is 5.43 Å². The van der Waals surface area contributed by atoms with E-state index in [9.17, 15) is 4.79 Å². The minimum atomic E-state index is -0.169. The van der Waals surface area contributed by atoms with E-state index in [1.807, 2.05) is 48.5 Å². The molecule has 0 radical (unpaired) electrons. The van der Waals surface area contributed by atoms with Gasteiger partial charge >= 0.3 is 0 Å². The van der Waals surface area contributed by atoms with Crippen LogP contribution in [0.3, 0.4) is 0 Å².